The minimum absolute atomic E-state index is 0.0582. The van der Waals surface area contributed by atoms with E-state index in [-0.39, 0.29) is 29.6 Å². The molecule has 0 saturated carbocycles. The molecule has 0 unspecified atom stereocenters. The van der Waals surface area contributed by atoms with Gasteiger partial charge in [-0.05, 0) is 43.3 Å². The number of sulfonamides is 1. The minimum Gasteiger partial charge on any atom is -0.497 e. The van der Waals surface area contributed by atoms with Crippen molar-refractivity contribution in [2.45, 2.75) is 24.3 Å². The number of amides is 1. The van der Waals surface area contributed by atoms with Crippen molar-refractivity contribution in [1.82, 2.24) is 4.72 Å². The standard InChI is InChI=1S/C19H20N2O5S/c1-13(22)14-3-9-18(10-4-14)27(24,25)20-15-11-19(23)21(12-15)16-5-7-17(26-2)8-6-16/h3-10,15,20H,11-12H2,1-2H3/t15-/m0/s1. The Morgan fingerprint density at radius 2 is 1.74 bits per heavy atom. The van der Waals surface area contributed by atoms with E-state index in [0.717, 1.165) is 0 Å². The first-order valence-corrected chi connectivity index (χ1v) is 9.86. The third-order valence-corrected chi connectivity index (χ3v) is 5.94. The molecule has 0 radical (unpaired) electrons. The average molecular weight is 388 g/mol. The van der Waals surface area contributed by atoms with Crippen molar-refractivity contribution in [3.63, 3.8) is 0 Å². The van der Waals surface area contributed by atoms with Crippen molar-refractivity contribution < 1.29 is 22.7 Å². The van der Waals surface area contributed by atoms with Gasteiger partial charge in [-0.3, -0.25) is 9.59 Å². The summed E-state index contributed by atoms with van der Waals surface area (Å²) >= 11 is 0. The highest BCUT2D eigenvalue weighted by Gasteiger charge is 2.33. The fourth-order valence-electron chi connectivity index (χ4n) is 2.95. The largest absolute Gasteiger partial charge is 0.497 e. The summed E-state index contributed by atoms with van der Waals surface area (Å²) in [6.07, 6.45) is 0.0801. The summed E-state index contributed by atoms with van der Waals surface area (Å²) in [6, 6.07) is 12.2. The first kappa shape index (κ1) is 19.1. The summed E-state index contributed by atoms with van der Waals surface area (Å²) in [4.78, 5) is 25.2. The van der Waals surface area contributed by atoms with E-state index in [1.54, 1.807) is 36.3 Å². The quantitative estimate of drug-likeness (QED) is 0.764. The van der Waals surface area contributed by atoms with Gasteiger partial charge in [-0.15, -0.1) is 0 Å². The van der Waals surface area contributed by atoms with Gasteiger partial charge in [0.05, 0.1) is 12.0 Å². The molecule has 1 saturated heterocycles. The Balaban J connectivity index is 1.72. The number of Topliss-reactive ketones (excluding diaryl/α,β-unsaturated/α-hetero) is 1. The van der Waals surface area contributed by atoms with Crippen molar-refractivity contribution in [3.8, 4) is 5.75 Å². The van der Waals surface area contributed by atoms with E-state index >= 15 is 0 Å². The molecule has 0 aromatic heterocycles. The van der Waals surface area contributed by atoms with Gasteiger partial charge < -0.3 is 9.64 Å². The van der Waals surface area contributed by atoms with Gasteiger partial charge in [0, 0.05) is 30.3 Å². The maximum absolute atomic E-state index is 12.6. The van der Waals surface area contributed by atoms with Gasteiger partial charge in [-0.2, -0.15) is 0 Å². The van der Waals surface area contributed by atoms with Gasteiger partial charge in [0.25, 0.3) is 0 Å². The molecular formula is C19H20N2O5S. The second-order valence-electron chi connectivity index (χ2n) is 6.31. The molecule has 0 bridgehead atoms. The first-order valence-electron chi connectivity index (χ1n) is 8.38. The van der Waals surface area contributed by atoms with E-state index in [4.69, 9.17) is 4.74 Å². The molecule has 0 spiro atoms. The Hall–Kier alpha value is -2.71. The Morgan fingerprint density at radius 1 is 1.11 bits per heavy atom. The number of anilines is 1. The summed E-state index contributed by atoms with van der Waals surface area (Å²) in [5, 5.41) is 0. The summed E-state index contributed by atoms with van der Waals surface area (Å²) in [7, 11) is -2.23. The van der Waals surface area contributed by atoms with Crippen LogP contribution in [0.4, 0.5) is 5.69 Å². The summed E-state index contributed by atoms with van der Waals surface area (Å²) in [5.41, 5.74) is 1.13. The molecule has 8 heteroatoms. The number of nitrogens with zero attached hydrogens (tertiary/aromatic N) is 1. The van der Waals surface area contributed by atoms with E-state index in [2.05, 4.69) is 4.72 Å². The molecule has 2 aromatic rings. The number of methoxy groups -OCH3 is 1. The van der Waals surface area contributed by atoms with E-state index in [1.165, 1.54) is 31.2 Å². The molecule has 1 heterocycles. The lowest BCUT2D eigenvalue weighted by molar-refractivity contribution is -0.117. The summed E-state index contributed by atoms with van der Waals surface area (Å²) < 4.78 is 32.8. The second-order valence-corrected chi connectivity index (χ2v) is 8.02. The van der Waals surface area contributed by atoms with Gasteiger partial charge >= 0.3 is 0 Å². The summed E-state index contributed by atoms with van der Waals surface area (Å²) in [5.74, 6) is 0.389. The zero-order valence-corrected chi connectivity index (χ0v) is 15.8. The number of hydrogen-bond donors (Lipinski definition) is 1. The Morgan fingerprint density at radius 3 is 2.30 bits per heavy atom. The van der Waals surface area contributed by atoms with Crippen LogP contribution in [0.1, 0.15) is 23.7 Å². The van der Waals surface area contributed by atoms with Crippen LogP contribution in [-0.4, -0.2) is 39.8 Å². The van der Waals surface area contributed by atoms with Gasteiger partial charge in [0.15, 0.2) is 5.78 Å². The van der Waals surface area contributed by atoms with E-state index in [1.807, 2.05) is 0 Å². The normalized spacial score (nSPS) is 17.2. The molecule has 1 amide bonds. The fourth-order valence-corrected chi connectivity index (χ4v) is 4.18. The highest BCUT2D eigenvalue weighted by atomic mass is 32.2. The number of rotatable bonds is 6. The third kappa shape index (κ3) is 4.17. The van der Waals surface area contributed by atoms with Crippen LogP contribution in [0.3, 0.4) is 0 Å². The number of hydrogen-bond acceptors (Lipinski definition) is 5. The number of benzene rings is 2. The molecule has 1 aliphatic heterocycles. The van der Waals surface area contributed by atoms with Crippen LogP contribution < -0.4 is 14.4 Å². The maximum Gasteiger partial charge on any atom is 0.240 e. The van der Waals surface area contributed by atoms with Crippen LogP contribution in [0.25, 0.3) is 0 Å². The highest BCUT2D eigenvalue weighted by molar-refractivity contribution is 7.89. The molecular weight excluding hydrogens is 368 g/mol. The van der Waals surface area contributed by atoms with Gasteiger partial charge in [-0.1, -0.05) is 12.1 Å². The Kier molecular flexibility index (Phi) is 5.29. The topological polar surface area (TPSA) is 92.8 Å². The Bertz CT molecular complexity index is 953. The van der Waals surface area contributed by atoms with Crippen molar-refractivity contribution in [2.75, 3.05) is 18.6 Å². The van der Waals surface area contributed by atoms with Crippen LogP contribution in [-0.2, 0) is 14.8 Å². The van der Waals surface area contributed by atoms with E-state index in [9.17, 15) is 18.0 Å². The van der Waals surface area contributed by atoms with Crippen molar-refractivity contribution in [1.29, 1.82) is 0 Å². The zero-order chi connectivity index (χ0) is 19.6. The average Bonchev–Trinajstić information content (AvgIpc) is 3.01. The van der Waals surface area contributed by atoms with Crippen molar-refractivity contribution >= 4 is 27.4 Å². The molecule has 1 aliphatic rings. The minimum atomic E-state index is -3.79. The van der Waals surface area contributed by atoms with Crippen LogP contribution in [0.5, 0.6) is 5.75 Å². The molecule has 1 fully saturated rings. The number of ether oxygens (including phenoxy) is 1. The molecule has 0 aliphatic carbocycles. The van der Waals surface area contributed by atoms with Gasteiger partial charge in [-0.25, -0.2) is 13.1 Å². The third-order valence-electron chi connectivity index (χ3n) is 4.40. The summed E-state index contributed by atoms with van der Waals surface area (Å²) in [6.45, 7) is 1.66. The highest BCUT2D eigenvalue weighted by Crippen LogP contribution is 2.25. The predicted molar refractivity (Wildman–Crippen MR) is 101 cm³/mol. The lowest BCUT2D eigenvalue weighted by Gasteiger charge is -2.17. The van der Waals surface area contributed by atoms with Crippen molar-refractivity contribution in [3.05, 3.63) is 54.1 Å². The van der Waals surface area contributed by atoms with Gasteiger partial charge in [0.2, 0.25) is 15.9 Å². The zero-order valence-electron chi connectivity index (χ0n) is 15.0. The lowest BCUT2D eigenvalue weighted by Crippen LogP contribution is -2.37. The molecule has 3 rings (SSSR count). The molecule has 2 aromatic carbocycles. The van der Waals surface area contributed by atoms with Crippen LogP contribution >= 0.6 is 0 Å². The van der Waals surface area contributed by atoms with Crippen molar-refractivity contribution in [2.24, 2.45) is 0 Å². The molecule has 1 atom stereocenters. The fraction of sp³-hybridized carbons (Fsp3) is 0.263. The maximum atomic E-state index is 12.6. The smallest absolute Gasteiger partial charge is 0.240 e. The lowest BCUT2D eigenvalue weighted by atomic mass is 10.2. The van der Waals surface area contributed by atoms with Crippen LogP contribution in [0.15, 0.2) is 53.4 Å². The number of carbonyl (C=O) groups excluding carboxylic acids is 2. The molecule has 1 N–H and O–H groups in total. The SMILES string of the molecule is COc1ccc(N2C[C@@H](NS(=O)(=O)c3ccc(C(C)=O)cc3)CC2=O)cc1. The number of ketones is 1. The van der Waals surface area contributed by atoms with Gasteiger partial charge in [0.1, 0.15) is 5.75 Å². The molecule has 7 nitrogen and oxygen atoms in total. The molecule has 142 valence electrons. The number of carbonyl (C=O) groups is 2. The second kappa shape index (κ2) is 7.50. The van der Waals surface area contributed by atoms with E-state index < -0.39 is 16.1 Å². The first-order chi connectivity index (χ1) is 12.8. The monoisotopic (exact) mass is 388 g/mol. The van der Waals surface area contributed by atoms with E-state index in [0.29, 0.717) is 17.0 Å². The number of nitrogens with one attached hydrogen (secondary N) is 1. The molecule has 27 heavy (non-hydrogen) atoms. The predicted octanol–water partition coefficient (Wildman–Crippen LogP) is 1.98. The van der Waals surface area contributed by atoms with Crippen LogP contribution in [0.2, 0.25) is 0 Å². The van der Waals surface area contributed by atoms with Crippen LogP contribution in [0, 0.1) is 0 Å². The Labute approximate surface area is 158 Å².